The number of hydrogen-bond donors (Lipinski definition) is 2. The van der Waals surface area contributed by atoms with E-state index in [2.05, 4.69) is 49.6 Å². The zero-order chi connectivity index (χ0) is 19.3. The van der Waals surface area contributed by atoms with E-state index in [0.29, 0.717) is 17.3 Å². The third-order valence-corrected chi connectivity index (χ3v) is 4.46. The summed E-state index contributed by atoms with van der Waals surface area (Å²) in [5.74, 6) is -0.335. The Morgan fingerprint density at radius 3 is 2.50 bits per heavy atom. The van der Waals surface area contributed by atoms with Gasteiger partial charge in [0.15, 0.2) is 5.11 Å². The van der Waals surface area contributed by atoms with Crippen LogP contribution in [-0.2, 0) is 4.74 Å². The molecule has 0 saturated heterocycles. The highest BCUT2D eigenvalue weighted by Crippen LogP contribution is 2.20. The fraction of sp³-hybridized carbons (Fsp3) is 0.333. The van der Waals surface area contributed by atoms with E-state index in [1.165, 1.54) is 16.7 Å². The number of carbonyl (C=O) groups is 1. The zero-order valence-corrected chi connectivity index (χ0v) is 16.8. The molecule has 0 aliphatic heterocycles. The van der Waals surface area contributed by atoms with E-state index >= 15 is 0 Å². The lowest BCUT2D eigenvalue weighted by atomic mass is 10.0. The van der Waals surface area contributed by atoms with Crippen molar-refractivity contribution in [2.45, 2.75) is 40.7 Å². The lowest BCUT2D eigenvalue weighted by Gasteiger charge is -2.20. The van der Waals surface area contributed by atoms with Crippen LogP contribution in [0.25, 0.3) is 0 Å². The van der Waals surface area contributed by atoms with Crippen LogP contribution in [0, 0.1) is 20.8 Å². The summed E-state index contributed by atoms with van der Waals surface area (Å²) in [6.45, 7) is 10.4. The van der Waals surface area contributed by atoms with E-state index < -0.39 is 0 Å². The second-order valence-electron chi connectivity index (χ2n) is 6.43. The van der Waals surface area contributed by atoms with Crippen molar-refractivity contribution in [1.82, 2.24) is 5.32 Å². The van der Waals surface area contributed by atoms with Gasteiger partial charge in [0, 0.05) is 5.69 Å². The normalized spacial score (nSPS) is 11.6. The van der Waals surface area contributed by atoms with Gasteiger partial charge in [-0.2, -0.15) is 0 Å². The second kappa shape index (κ2) is 8.81. The first kappa shape index (κ1) is 19.9. The van der Waals surface area contributed by atoms with E-state index in [-0.39, 0.29) is 12.0 Å². The van der Waals surface area contributed by atoms with Crippen LogP contribution < -0.4 is 10.6 Å². The van der Waals surface area contributed by atoms with Crippen molar-refractivity contribution in [3.8, 4) is 0 Å². The number of esters is 1. The van der Waals surface area contributed by atoms with Crippen molar-refractivity contribution in [3.05, 3.63) is 64.2 Å². The topological polar surface area (TPSA) is 50.4 Å². The quantitative estimate of drug-likeness (QED) is 0.583. The summed E-state index contributed by atoms with van der Waals surface area (Å²) in [5.41, 5.74) is 5.98. The van der Waals surface area contributed by atoms with Crippen molar-refractivity contribution < 1.29 is 9.53 Å². The average molecular weight is 371 g/mol. The Kier molecular flexibility index (Phi) is 6.75. The van der Waals surface area contributed by atoms with E-state index in [1.807, 2.05) is 13.0 Å². The molecule has 0 heterocycles. The van der Waals surface area contributed by atoms with Gasteiger partial charge in [0.25, 0.3) is 0 Å². The smallest absolute Gasteiger partial charge is 0.338 e. The number of anilines is 1. The Balaban J connectivity index is 2.09. The van der Waals surface area contributed by atoms with Gasteiger partial charge >= 0.3 is 5.97 Å². The highest BCUT2D eigenvalue weighted by molar-refractivity contribution is 7.80. The van der Waals surface area contributed by atoms with Crippen molar-refractivity contribution in [2.75, 3.05) is 11.9 Å². The minimum absolute atomic E-state index is 0.0733. The SMILES string of the molecule is CCOC(=O)c1ccc(C)c(NC(=S)NC(C)c2ccc(C)cc2C)c1. The summed E-state index contributed by atoms with van der Waals surface area (Å²) in [7, 11) is 0. The Morgan fingerprint density at radius 1 is 1.12 bits per heavy atom. The molecule has 2 N–H and O–H groups in total. The maximum Gasteiger partial charge on any atom is 0.338 e. The molecule has 2 rings (SSSR count). The van der Waals surface area contributed by atoms with Crippen LogP contribution in [-0.4, -0.2) is 17.7 Å². The average Bonchev–Trinajstić information content (AvgIpc) is 2.56. The molecule has 0 aliphatic rings. The molecule has 1 unspecified atom stereocenters. The van der Waals surface area contributed by atoms with Gasteiger partial charge in [0.05, 0.1) is 18.2 Å². The Hall–Kier alpha value is -2.40. The molecule has 0 saturated carbocycles. The van der Waals surface area contributed by atoms with Crippen molar-refractivity contribution in [1.29, 1.82) is 0 Å². The fourth-order valence-corrected chi connectivity index (χ4v) is 3.13. The number of rotatable bonds is 5. The first-order chi connectivity index (χ1) is 12.3. The van der Waals surface area contributed by atoms with Gasteiger partial charge in [-0.1, -0.05) is 29.8 Å². The summed E-state index contributed by atoms with van der Waals surface area (Å²) in [6.07, 6.45) is 0. The summed E-state index contributed by atoms with van der Waals surface area (Å²) < 4.78 is 5.06. The maximum atomic E-state index is 11.9. The van der Waals surface area contributed by atoms with Gasteiger partial charge < -0.3 is 15.4 Å². The van der Waals surface area contributed by atoms with Crippen LogP contribution in [0.5, 0.6) is 0 Å². The number of benzene rings is 2. The maximum absolute atomic E-state index is 11.9. The molecule has 0 aromatic heterocycles. The minimum Gasteiger partial charge on any atom is -0.462 e. The molecule has 26 heavy (non-hydrogen) atoms. The lowest BCUT2D eigenvalue weighted by Crippen LogP contribution is -2.31. The van der Waals surface area contributed by atoms with Crippen molar-refractivity contribution in [2.24, 2.45) is 0 Å². The van der Waals surface area contributed by atoms with E-state index in [1.54, 1.807) is 19.1 Å². The first-order valence-electron chi connectivity index (χ1n) is 8.74. The van der Waals surface area contributed by atoms with Crippen LogP contribution in [0.4, 0.5) is 5.69 Å². The molecule has 0 amide bonds. The summed E-state index contributed by atoms with van der Waals surface area (Å²) in [5, 5.41) is 7.02. The molecule has 0 spiro atoms. The summed E-state index contributed by atoms with van der Waals surface area (Å²) in [6, 6.07) is 11.9. The van der Waals surface area contributed by atoms with Crippen LogP contribution in [0.2, 0.25) is 0 Å². The van der Waals surface area contributed by atoms with Gasteiger partial charge in [0.1, 0.15) is 0 Å². The molecule has 0 aliphatic carbocycles. The first-order valence-corrected chi connectivity index (χ1v) is 9.15. The minimum atomic E-state index is -0.335. The number of aryl methyl sites for hydroxylation is 3. The second-order valence-corrected chi connectivity index (χ2v) is 6.84. The highest BCUT2D eigenvalue weighted by atomic mass is 32.1. The molecule has 0 radical (unpaired) electrons. The molecule has 1 atom stereocenters. The Bertz CT molecular complexity index is 818. The van der Waals surface area contributed by atoms with Gasteiger partial charge in [-0.05, 0) is 75.7 Å². The monoisotopic (exact) mass is 370 g/mol. The lowest BCUT2D eigenvalue weighted by molar-refractivity contribution is 0.0526. The molecule has 138 valence electrons. The van der Waals surface area contributed by atoms with Gasteiger partial charge in [-0.3, -0.25) is 0 Å². The number of carbonyl (C=O) groups excluding carboxylic acids is 1. The van der Waals surface area contributed by atoms with Crippen LogP contribution in [0.1, 0.15) is 52.5 Å². The summed E-state index contributed by atoms with van der Waals surface area (Å²) in [4.78, 5) is 11.9. The highest BCUT2D eigenvalue weighted by Gasteiger charge is 2.12. The van der Waals surface area contributed by atoms with Gasteiger partial charge in [-0.25, -0.2) is 4.79 Å². The molecule has 2 aromatic carbocycles. The molecular formula is C21H26N2O2S. The molecule has 2 aromatic rings. The number of nitrogens with one attached hydrogen (secondary N) is 2. The van der Waals surface area contributed by atoms with Crippen LogP contribution in [0.15, 0.2) is 36.4 Å². The van der Waals surface area contributed by atoms with E-state index in [4.69, 9.17) is 17.0 Å². The molecular weight excluding hydrogens is 344 g/mol. The predicted octanol–water partition coefficient (Wildman–Crippen LogP) is 4.84. The molecule has 5 heteroatoms. The number of ether oxygens (including phenoxy) is 1. The standard InChI is InChI=1S/C21H26N2O2S/c1-6-25-20(24)17-9-8-14(3)19(12-17)23-21(26)22-16(5)18-10-7-13(2)11-15(18)4/h7-12,16H,6H2,1-5H3,(H2,22,23,26). The molecule has 4 nitrogen and oxygen atoms in total. The Morgan fingerprint density at radius 2 is 1.85 bits per heavy atom. The van der Waals surface area contributed by atoms with E-state index in [0.717, 1.165) is 11.3 Å². The van der Waals surface area contributed by atoms with Gasteiger partial charge in [0.2, 0.25) is 0 Å². The summed E-state index contributed by atoms with van der Waals surface area (Å²) >= 11 is 5.46. The molecule has 0 fully saturated rings. The van der Waals surface area contributed by atoms with Crippen LogP contribution in [0.3, 0.4) is 0 Å². The van der Waals surface area contributed by atoms with Crippen LogP contribution >= 0.6 is 12.2 Å². The predicted molar refractivity (Wildman–Crippen MR) is 111 cm³/mol. The number of thiocarbonyl (C=S) groups is 1. The fourth-order valence-electron chi connectivity index (χ4n) is 2.84. The largest absolute Gasteiger partial charge is 0.462 e. The number of hydrogen-bond acceptors (Lipinski definition) is 3. The third-order valence-electron chi connectivity index (χ3n) is 4.24. The Labute approximate surface area is 161 Å². The van der Waals surface area contributed by atoms with E-state index in [9.17, 15) is 4.79 Å². The zero-order valence-electron chi connectivity index (χ0n) is 16.0. The van der Waals surface area contributed by atoms with Crippen molar-refractivity contribution >= 4 is 29.0 Å². The third kappa shape index (κ3) is 5.05. The van der Waals surface area contributed by atoms with Gasteiger partial charge in [-0.15, -0.1) is 0 Å². The molecule has 0 bridgehead atoms. The van der Waals surface area contributed by atoms with Crippen molar-refractivity contribution in [3.63, 3.8) is 0 Å².